The van der Waals surface area contributed by atoms with E-state index < -0.39 is 11.2 Å². The highest BCUT2D eigenvalue weighted by atomic mass is 16.7. The lowest BCUT2D eigenvalue weighted by Crippen LogP contribution is -2.50. The summed E-state index contributed by atoms with van der Waals surface area (Å²) in [6, 6.07) is 3.43. The van der Waals surface area contributed by atoms with Gasteiger partial charge in [-0.05, 0) is 26.8 Å². The molecule has 0 bridgehead atoms. The van der Waals surface area contributed by atoms with Crippen molar-refractivity contribution >= 4 is 11.6 Å². The van der Waals surface area contributed by atoms with Gasteiger partial charge in [0.25, 0.3) is 0 Å². The summed E-state index contributed by atoms with van der Waals surface area (Å²) < 4.78 is 16.4. The first-order chi connectivity index (χ1) is 10.3. The van der Waals surface area contributed by atoms with E-state index in [1.807, 2.05) is 20.8 Å². The molecule has 1 fully saturated rings. The zero-order valence-corrected chi connectivity index (χ0v) is 13.2. The van der Waals surface area contributed by atoms with Gasteiger partial charge in [-0.1, -0.05) is 12.7 Å². The first kappa shape index (κ1) is 16.5. The SMILES string of the molecule is C=CCOc1ccc(NC(=O)C2(C)COC(C)(C)OC2)cn1. The molecule has 1 aliphatic rings. The van der Waals surface area contributed by atoms with Gasteiger partial charge in [0, 0.05) is 6.07 Å². The molecule has 1 amide bonds. The second-order valence-electron chi connectivity index (χ2n) is 5.98. The Morgan fingerprint density at radius 3 is 2.64 bits per heavy atom. The Balaban J connectivity index is 1.95. The molecular weight excluding hydrogens is 284 g/mol. The molecule has 0 unspecified atom stereocenters. The largest absolute Gasteiger partial charge is 0.473 e. The van der Waals surface area contributed by atoms with Crippen molar-refractivity contribution in [1.29, 1.82) is 0 Å². The number of pyridine rings is 1. The lowest BCUT2D eigenvalue weighted by atomic mass is 9.90. The predicted molar refractivity (Wildman–Crippen MR) is 82.6 cm³/mol. The van der Waals surface area contributed by atoms with Crippen molar-refractivity contribution in [3.05, 3.63) is 31.0 Å². The standard InChI is InChI=1S/C16H22N2O4/c1-5-8-20-13-7-6-12(9-17-13)18-14(19)16(4)10-21-15(2,3)22-11-16/h5-7,9H,1,8,10-11H2,2-4H3,(H,18,19). The maximum absolute atomic E-state index is 12.4. The molecule has 0 aliphatic carbocycles. The van der Waals surface area contributed by atoms with Crippen LogP contribution < -0.4 is 10.1 Å². The fourth-order valence-electron chi connectivity index (χ4n) is 1.85. The Labute approximate surface area is 130 Å². The highest BCUT2D eigenvalue weighted by Gasteiger charge is 2.42. The molecule has 1 N–H and O–H groups in total. The Morgan fingerprint density at radius 2 is 2.09 bits per heavy atom. The quantitative estimate of drug-likeness (QED) is 0.846. The molecule has 0 aromatic carbocycles. The number of nitrogens with zero attached hydrogens (tertiary/aromatic N) is 1. The normalized spacial score (nSPS) is 19.2. The molecule has 6 nitrogen and oxygen atoms in total. The molecule has 6 heteroatoms. The highest BCUT2D eigenvalue weighted by molar-refractivity contribution is 5.95. The fourth-order valence-corrected chi connectivity index (χ4v) is 1.85. The van der Waals surface area contributed by atoms with Crippen molar-refractivity contribution in [2.24, 2.45) is 5.41 Å². The van der Waals surface area contributed by atoms with Gasteiger partial charge in [-0.25, -0.2) is 4.98 Å². The van der Waals surface area contributed by atoms with Crippen molar-refractivity contribution in [1.82, 2.24) is 4.98 Å². The van der Waals surface area contributed by atoms with Crippen molar-refractivity contribution in [3.8, 4) is 5.88 Å². The van der Waals surface area contributed by atoms with E-state index in [-0.39, 0.29) is 5.91 Å². The van der Waals surface area contributed by atoms with E-state index >= 15 is 0 Å². The Hall–Kier alpha value is -1.92. The van der Waals surface area contributed by atoms with Crippen LogP contribution in [-0.2, 0) is 14.3 Å². The minimum atomic E-state index is -0.729. The van der Waals surface area contributed by atoms with Gasteiger partial charge in [0.2, 0.25) is 11.8 Å². The van der Waals surface area contributed by atoms with Crippen LogP contribution >= 0.6 is 0 Å². The molecule has 120 valence electrons. The van der Waals surface area contributed by atoms with E-state index in [2.05, 4.69) is 16.9 Å². The van der Waals surface area contributed by atoms with Crippen molar-refractivity contribution in [2.75, 3.05) is 25.1 Å². The summed E-state index contributed by atoms with van der Waals surface area (Å²) in [5, 5.41) is 2.83. The molecule has 2 heterocycles. The minimum Gasteiger partial charge on any atom is -0.473 e. The van der Waals surface area contributed by atoms with Gasteiger partial charge in [-0.3, -0.25) is 4.79 Å². The second kappa shape index (κ2) is 6.46. The molecule has 0 atom stereocenters. The van der Waals surface area contributed by atoms with Crippen LogP contribution in [0.5, 0.6) is 5.88 Å². The molecule has 1 aliphatic heterocycles. The Kier molecular flexibility index (Phi) is 4.83. The first-order valence-electron chi connectivity index (χ1n) is 7.14. The van der Waals surface area contributed by atoms with Crippen molar-refractivity contribution in [2.45, 2.75) is 26.6 Å². The number of nitrogens with one attached hydrogen (secondary N) is 1. The maximum atomic E-state index is 12.4. The lowest BCUT2D eigenvalue weighted by molar-refractivity contribution is -0.276. The van der Waals surface area contributed by atoms with E-state index in [0.29, 0.717) is 31.4 Å². The topological polar surface area (TPSA) is 69.7 Å². The average molecular weight is 306 g/mol. The Bertz CT molecular complexity index is 530. The summed E-state index contributed by atoms with van der Waals surface area (Å²) >= 11 is 0. The summed E-state index contributed by atoms with van der Waals surface area (Å²) in [5.74, 6) is -0.328. The van der Waals surface area contributed by atoms with Crippen LogP contribution in [-0.4, -0.2) is 36.5 Å². The number of carbonyl (C=O) groups excluding carboxylic acids is 1. The lowest BCUT2D eigenvalue weighted by Gasteiger charge is -2.40. The van der Waals surface area contributed by atoms with Gasteiger partial charge in [0.15, 0.2) is 5.79 Å². The van der Waals surface area contributed by atoms with Gasteiger partial charge in [-0.2, -0.15) is 0 Å². The summed E-state index contributed by atoms with van der Waals surface area (Å²) in [6.45, 7) is 10.0. The number of hydrogen-bond acceptors (Lipinski definition) is 5. The molecule has 1 aromatic rings. The summed E-state index contributed by atoms with van der Waals surface area (Å²) in [6.07, 6.45) is 3.19. The van der Waals surface area contributed by atoms with Crippen LogP contribution in [0.4, 0.5) is 5.69 Å². The van der Waals surface area contributed by atoms with E-state index in [4.69, 9.17) is 14.2 Å². The van der Waals surface area contributed by atoms with Crippen LogP contribution in [0, 0.1) is 5.41 Å². The third kappa shape index (κ3) is 4.05. The van der Waals surface area contributed by atoms with Crippen LogP contribution in [0.3, 0.4) is 0 Å². The smallest absolute Gasteiger partial charge is 0.235 e. The monoisotopic (exact) mass is 306 g/mol. The molecule has 1 aromatic heterocycles. The molecule has 1 saturated heterocycles. The molecule has 2 rings (SSSR count). The maximum Gasteiger partial charge on any atom is 0.235 e. The fraction of sp³-hybridized carbons (Fsp3) is 0.500. The number of rotatable bonds is 5. The summed E-state index contributed by atoms with van der Waals surface area (Å²) in [5.41, 5.74) is -0.130. The van der Waals surface area contributed by atoms with E-state index in [1.165, 1.54) is 0 Å². The predicted octanol–water partition coefficient (Wildman–Crippen LogP) is 2.37. The zero-order chi connectivity index (χ0) is 16.2. The highest BCUT2D eigenvalue weighted by Crippen LogP contribution is 2.30. The van der Waals surface area contributed by atoms with Gasteiger partial charge < -0.3 is 19.5 Å². The summed E-state index contributed by atoms with van der Waals surface area (Å²) in [7, 11) is 0. The van der Waals surface area contributed by atoms with Gasteiger partial charge in [0.05, 0.1) is 30.5 Å². The Morgan fingerprint density at radius 1 is 1.41 bits per heavy atom. The molecule has 22 heavy (non-hydrogen) atoms. The van der Waals surface area contributed by atoms with E-state index in [1.54, 1.807) is 24.4 Å². The van der Waals surface area contributed by atoms with E-state index in [0.717, 1.165) is 0 Å². The van der Waals surface area contributed by atoms with E-state index in [9.17, 15) is 4.79 Å². The third-order valence-electron chi connectivity index (χ3n) is 3.37. The third-order valence-corrected chi connectivity index (χ3v) is 3.37. The summed E-state index contributed by atoms with van der Waals surface area (Å²) in [4.78, 5) is 16.5. The number of ether oxygens (including phenoxy) is 3. The zero-order valence-electron chi connectivity index (χ0n) is 13.2. The number of anilines is 1. The molecule has 0 spiro atoms. The first-order valence-corrected chi connectivity index (χ1v) is 7.14. The second-order valence-corrected chi connectivity index (χ2v) is 5.98. The van der Waals surface area contributed by atoms with Crippen LogP contribution in [0.1, 0.15) is 20.8 Å². The number of amides is 1. The molecular formula is C16H22N2O4. The van der Waals surface area contributed by atoms with Gasteiger partial charge >= 0.3 is 0 Å². The van der Waals surface area contributed by atoms with Crippen molar-refractivity contribution < 1.29 is 19.0 Å². The minimum absolute atomic E-state index is 0.162. The molecule has 0 radical (unpaired) electrons. The molecule has 0 saturated carbocycles. The van der Waals surface area contributed by atoms with Crippen LogP contribution in [0.15, 0.2) is 31.0 Å². The van der Waals surface area contributed by atoms with Gasteiger partial charge in [0.1, 0.15) is 6.61 Å². The number of hydrogen-bond donors (Lipinski definition) is 1. The number of carbonyl (C=O) groups is 1. The average Bonchev–Trinajstić information content (AvgIpc) is 2.50. The van der Waals surface area contributed by atoms with Gasteiger partial charge in [-0.15, -0.1) is 0 Å². The van der Waals surface area contributed by atoms with Crippen molar-refractivity contribution in [3.63, 3.8) is 0 Å². The number of aromatic nitrogens is 1. The van der Waals surface area contributed by atoms with Crippen LogP contribution in [0.2, 0.25) is 0 Å². The van der Waals surface area contributed by atoms with Crippen LogP contribution in [0.25, 0.3) is 0 Å².